The van der Waals surface area contributed by atoms with Gasteiger partial charge in [0.2, 0.25) is 0 Å². The summed E-state index contributed by atoms with van der Waals surface area (Å²) >= 11 is 0. The van der Waals surface area contributed by atoms with E-state index in [1.807, 2.05) is 0 Å². The van der Waals surface area contributed by atoms with Crippen LogP contribution in [0.4, 0.5) is 10.1 Å². The van der Waals surface area contributed by atoms with E-state index in [-0.39, 0.29) is 38.3 Å². The van der Waals surface area contributed by atoms with Crippen molar-refractivity contribution in [3.8, 4) is 0 Å². The van der Waals surface area contributed by atoms with E-state index >= 15 is 0 Å². The van der Waals surface area contributed by atoms with E-state index in [1.54, 1.807) is 19.2 Å². The molecule has 1 aromatic rings. The van der Waals surface area contributed by atoms with Crippen LogP contribution in [0.2, 0.25) is 0 Å². The zero-order chi connectivity index (χ0) is 8.27. The molecule has 0 heterocycles. The fraction of sp³-hybridized carbons (Fsp3) is 0.125. The third-order valence-electron chi connectivity index (χ3n) is 1.37. The van der Waals surface area contributed by atoms with Gasteiger partial charge in [0.05, 0.1) is 0 Å². The zero-order valence-electron chi connectivity index (χ0n) is 6.69. The fourth-order valence-corrected chi connectivity index (χ4v) is 0.830. The van der Waals surface area contributed by atoms with Gasteiger partial charge in [-0.05, 0) is 0 Å². The minimum absolute atomic E-state index is 0. The molecule has 0 fully saturated rings. The molecule has 0 unspecified atom stereocenters. The molecule has 1 rings (SSSR count). The third-order valence-corrected chi connectivity index (χ3v) is 1.37. The predicted molar refractivity (Wildman–Crippen MR) is 42.8 cm³/mol. The monoisotopic (exact) mass is 240 g/mol. The quantitative estimate of drug-likeness (QED) is 0.600. The molecule has 0 aliphatic heterocycles. The van der Waals surface area contributed by atoms with Crippen LogP contribution < -0.4 is 5.32 Å². The van der Waals surface area contributed by atoms with Crippen LogP contribution >= 0.6 is 0 Å². The van der Waals surface area contributed by atoms with E-state index in [1.165, 1.54) is 6.07 Å². The molecule has 4 heteroatoms. The topological polar surface area (TPSA) is 35.9 Å². The molecule has 0 spiro atoms. The van der Waals surface area contributed by atoms with Gasteiger partial charge in [0.15, 0.2) is 5.97 Å². The molecule has 0 aliphatic rings. The minimum atomic E-state index is -0.939. The Morgan fingerprint density at radius 2 is 2.33 bits per heavy atom. The van der Waals surface area contributed by atoms with Crippen molar-refractivity contribution in [2.24, 2.45) is 0 Å². The smallest absolute Gasteiger partial charge is 0.158 e. The van der Waals surface area contributed by atoms with Gasteiger partial charge in [0.1, 0.15) is 0 Å². The number of rotatable bonds is 2. The zero-order valence-corrected chi connectivity index (χ0v) is 9.53. The summed E-state index contributed by atoms with van der Waals surface area (Å²) in [5.74, 6) is -0.939. The van der Waals surface area contributed by atoms with Gasteiger partial charge in [-0.3, -0.25) is 5.41 Å². The van der Waals surface area contributed by atoms with E-state index in [2.05, 4.69) is 11.4 Å². The maximum Gasteiger partial charge on any atom is 0.158 e. The molecule has 0 aromatic heterocycles. The Balaban J connectivity index is 0.00000121. The van der Waals surface area contributed by atoms with Gasteiger partial charge in [-0.2, -0.15) is 22.6 Å². The van der Waals surface area contributed by atoms with Crippen molar-refractivity contribution in [3.63, 3.8) is 0 Å². The summed E-state index contributed by atoms with van der Waals surface area (Å²) in [4.78, 5) is 0. The molecule has 61 valence electrons. The Kier molecular flexibility index (Phi) is 5.26. The van der Waals surface area contributed by atoms with Gasteiger partial charge in [-0.15, -0.1) is 6.07 Å². The van der Waals surface area contributed by atoms with Gasteiger partial charge < -0.3 is 5.32 Å². The molecule has 0 amide bonds. The molecule has 1 aromatic carbocycles. The van der Waals surface area contributed by atoms with E-state index in [4.69, 9.17) is 5.41 Å². The Bertz CT molecular complexity index is 276. The fourth-order valence-electron chi connectivity index (χ4n) is 0.830. The number of halogens is 1. The molecule has 0 bridgehead atoms. The van der Waals surface area contributed by atoms with E-state index in [0.717, 1.165) is 0 Å². The number of nitrogens with one attached hydrogen (secondary N) is 2. The number of hydrogen-bond acceptors (Lipinski definition) is 2. The first kappa shape index (κ1) is 11.7. The Hall–Kier alpha value is -0.276. The van der Waals surface area contributed by atoms with E-state index < -0.39 is 5.97 Å². The molecule has 0 aliphatic carbocycles. The van der Waals surface area contributed by atoms with Gasteiger partial charge in [-0.1, -0.05) is 11.3 Å². The summed E-state index contributed by atoms with van der Waals surface area (Å²) in [5.41, 5.74) is 0.853. The molecular weight excluding hydrogens is 232 g/mol. The van der Waals surface area contributed by atoms with Gasteiger partial charge >= 0.3 is 0 Å². The van der Waals surface area contributed by atoms with Crippen LogP contribution in [-0.4, -0.2) is 13.0 Å². The van der Waals surface area contributed by atoms with Crippen LogP contribution in [0.5, 0.6) is 0 Å². The summed E-state index contributed by atoms with van der Waals surface area (Å²) < 4.78 is 12.4. The molecule has 2 N–H and O–H groups in total. The van der Waals surface area contributed by atoms with Crippen LogP contribution in [0.25, 0.3) is 0 Å². The van der Waals surface area contributed by atoms with Crippen LogP contribution in [0, 0.1) is 11.5 Å². The summed E-state index contributed by atoms with van der Waals surface area (Å²) in [6.07, 6.45) is 0. The SMILES string of the molecule is CNc1cc[c-]cc1C(=N)F.[Y]. The van der Waals surface area contributed by atoms with Crippen LogP contribution in [0.15, 0.2) is 18.2 Å². The van der Waals surface area contributed by atoms with Crippen molar-refractivity contribution in [1.82, 2.24) is 0 Å². The van der Waals surface area contributed by atoms with Crippen molar-refractivity contribution in [2.45, 2.75) is 0 Å². The average molecular weight is 240 g/mol. The van der Waals surface area contributed by atoms with Crippen molar-refractivity contribution in [2.75, 3.05) is 12.4 Å². The summed E-state index contributed by atoms with van der Waals surface area (Å²) in [5, 5.41) is 9.53. The van der Waals surface area contributed by atoms with Gasteiger partial charge in [-0.25, -0.2) is 0 Å². The summed E-state index contributed by atoms with van der Waals surface area (Å²) in [6, 6.07) is 7.47. The number of anilines is 1. The first-order chi connectivity index (χ1) is 5.25. The Morgan fingerprint density at radius 3 is 2.75 bits per heavy atom. The van der Waals surface area contributed by atoms with E-state index in [0.29, 0.717) is 5.69 Å². The van der Waals surface area contributed by atoms with Crippen molar-refractivity contribution in [3.05, 3.63) is 29.8 Å². The minimum Gasteiger partial charge on any atom is -0.409 e. The summed E-state index contributed by atoms with van der Waals surface area (Å²) in [6.45, 7) is 0. The Morgan fingerprint density at radius 1 is 1.67 bits per heavy atom. The average Bonchev–Trinajstić information content (AvgIpc) is 2.04. The molecule has 1 radical (unpaired) electrons. The van der Waals surface area contributed by atoms with Crippen molar-refractivity contribution < 1.29 is 37.1 Å². The standard InChI is InChI=1S/C8H8FN2.Y/c1-11-7-5-3-2-4-6(7)8(9)10;/h3-5,10-11H,1H3;/q-1;. The third kappa shape index (κ3) is 2.65. The summed E-state index contributed by atoms with van der Waals surface area (Å²) in [7, 11) is 1.68. The number of benzene rings is 1. The second-order valence-corrected chi connectivity index (χ2v) is 2.04. The van der Waals surface area contributed by atoms with Gasteiger partial charge in [0, 0.05) is 39.8 Å². The maximum absolute atomic E-state index is 12.4. The molecule has 2 nitrogen and oxygen atoms in total. The van der Waals surface area contributed by atoms with Crippen LogP contribution in [-0.2, 0) is 32.7 Å². The largest absolute Gasteiger partial charge is 0.409 e. The predicted octanol–water partition coefficient (Wildman–Crippen LogP) is 1.82. The molecule has 0 saturated carbocycles. The molecule has 0 saturated heterocycles. The first-order valence-electron chi connectivity index (χ1n) is 3.18. The second kappa shape index (κ2) is 5.38. The molecule has 0 atom stereocenters. The first-order valence-corrected chi connectivity index (χ1v) is 3.18. The van der Waals surface area contributed by atoms with Crippen LogP contribution in [0.3, 0.4) is 0 Å². The maximum atomic E-state index is 12.4. The van der Waals surface area contributed by atoms with E-state index in [9.17, 15) is 4.39 Å². The van der Waals surface area contributed by atoms with Gasteiger partial charge in [0.25, 0.3) is 0 Å². The second-order valence-electron chi connectivity index (χ2n) is 2.04. The van der Waals surface area contributed by atoms with Crippen LogP contribution in [0.1, 0.15) is 5.56 Å². The van der Waals surface area contributed by atoms with Crippen molar-refractivity contribution >= 4 is 11.7 Å². The molecular formula is C8H8FN2Y-. The molecule has 12 heavy (non-hydrogen) atoms. The normalized spacial score (nSPS) is 8.50. The number of hydrogen-bond donors (Lipinski definition) is 2. The van der Waals surface area contributed by atoms with Crippen molar-refractivity contribution in [1.29, 1.82) is 5.41 Å². The Labute approximate surface area is 95.9 Å².